The van der Waals surface area contributed by atoms with Crippen LogP contribution in [0.5, 0.6) is 0 Å². The van der Waals surface area contributed by atoms with Crippen LogP contribution in [0.1, 0.15) is 181 Å². The summed E-state index contributed by atoms with van der Waals surface area (Å²) in [5, 5.41) is 21.8. The van der Waals surface area contributed by atoms with Gasteiger partial charge in [0.1, 0.15) is 12.7 Å². The number of hydrogen-bond acceptors (Lipinski definition) is 8. The molecule has 3 unspecified atom stereocenters. The van der Waals surface area contributed by atoms with Crippen LogP contribution in [0.15, 0.2) is 97.2 Å². The fourth-order valence-corrected chi connectivity index (χ4v) is 6.83. The number of esters is 1. The molecule has 3 atom stereocenters. The Morgan fingerprint density at radius 1 is 0.500 bits per heavy atom. The maximum Gasteiger partial charge on any atom is 0.472 e. The van der Waals surface area contributed by atoms with Crippen molar-refractivity contribution in [3.05, 3.63) is 97.2 Å². The molecule has 0 heterocycles. The van der Waals surface area contributed by atoms with Gasteiger partial charge in [-0.2, -0.15) is 0 Å². The smallest absolute Gasteiger partial charge is 0.472 e. The summed E-state index contributed by atoms with van der Waals surface area (Å²) in [4.78, 5) is 46.0. The van der Waals surface area contributed by atoms with E-state index in [4.69, 9.17) is 13.8 Å². The minimum Gasteiger partial charge on any atom is -0.480 e. The first-order chi connectivity index (χ1) is 31.1. The van der Waals surface area contributed by atoms with E-state index in [1.165, 1.54) is 57.8 Å². The van der Waals surface area contributed by atoms with E-state index in [1.54, 1.807) is 0 Å². The summed E-state index contributed by atoms with van der Waals surface area (Å²) >= 11 is 0. The fourth-order valence-electron chi connectivity index (χ4n) is 6.05. The molecule has 64 heavy (non-hydrogen) atoms. The van der Waals surface area contributed by atoms with Gasteiger partial charge >= 0.3 is 19.8 Å². The van der Waals surface area contributed by atoms with Crippen LogP contribution in [0.3, 0.4) is 0 Å². The Hall–Kier alpha value is -3.60. The van der Waals surface area contributed by atoms with Gasteiger partial charge in [0.2, 0.25) is 5.91 Å². The molecule has 0 aromatic heterocycles. The Balaban J connectivity index is 3.95. The normalized spacial score (nSPS) is 14.4. The number of amides is 1. The van der Waals surface area contributed by atoms with Crippen molar-refractivity contribution in [3.63, 3.8) is 0 Å². The molecule has 1 amide bonds. The lowest BCUT2D eigenvalue weighted by atomic mass is 10.1. The number of phosphoric ester groups is 1. The van der Waals surface area contributed by atoms with E-state index in [1.807, 2.05) is 12.2 Å². The maximum atomic E-state index is 12.3. The van der Waals surface area contributed by atoms with Crippen LogP contribution in [0.25, 0.3) is 0 Å². The maximum absolute atomic E-state index is 12.3. The summed E-state index contributed by atoms with van der Waals surface area (Å²) < 4.78 is 26.9. The van der Waals surface area contributed by atoms with Gasteiger partial charge in [-0.3, -0.25) is 18.6 Å². The number of unbranched alkanes of at least 4 members (excludes halogenated alkanes) is 14. The summed E-state index contributed by atoms with van der Waals surface area (Å²) in [6, 6.07) is -1.58. The van der Waals surface area contributed by atoms with E-state index in [0.29, 0.717) is 19.3 Å². The molecular formula is C52H86NO10P. The highest BCUT2D eigenvalue weighted by Crippen LogP contribution is 2.43. The van der Waals surface area contributed by atoms with Gasteiger partial charge in [0.25, 0.3) is 0 Å². The number of allylic oxidation sites excluding steroid dienone is 16. The van der Waals surface area contributed by atoms with Gasteiger partial charge < -0.3 is 25.2 Å². The van der Waals surface area contributed by atoms with Crippen molar-refractivity contribution in [2.24, 2.45) is 0 Å². The minimum atomic E-state index is -4.78. The Bertz CT molecular complexity index is 1450. The van der Waals surface area contributed by atoms with Gasteiger partial charge in [-0.1, -0.05) is 169 Å². The lowest BCUT2D eigenvalue weighted by molar-refractivity contribution is -0.147. The fraction of sp³-hybridized carbons (Fsp3) is 0.635. The van der Waals surface area contributed by atoms with Crippen LogP contribution in [-0.2, 0) is 32.7 Å². The topological polar surface area (TPSA) is 169 Å². The van der Waals surface area contributed by atoms with E-state index in [0.717, 1.165) is 77.0 Å². The van der Waals surface area contributed by atoms with Crippen LogP contribution in [0.2, 0.25) is 0 Å². The number of aliphatic carboxylic acids is 1. The molecule has 0 aliphatic rings. The third-order valence-electron chi connectivity index (χ3n) is 9.85. The van der Waals surface area contributed by atoms with Crippen LogP contribution < -0.4 is 5.32 Å². The third kappa shape index (κ3) is 45.0. The van der Waals surface area contributed by atoms with Crippen LogP contribution in [0.4, 0.5) is 0 Å². The highest BCUT2D eigenvalue weighted by atomic mass is 31.2. The zero-order valence-corrected chi connectivity index (χ0v) is 40.4. The molecule has 0 radical (unpaired) electrons. The van der Waals surface area contributed by atoms with Crippen LogP contribution in [0, 0.1) is 0 Å². The van der Waals surface area contributed by atoms with Gasteiger partial charge in [0.05, 0.1) is 13.2 Å². The quantitative estimate of drug-likeness (QED) is 0.0200. The van der Waals surface area contributed by atoms with E-state index >= 15 is 0 Å². The second-order valence-electron chi connectivity index (χ2n) is 15.9. The molecule has 0 saturated carbocycles. The summed E-state index contributed by atoms with van der Waals surface area (Å²) in [6.07, 6.45) is 58.6. The Morgan fingerprint density at radius 3 is 1.31 bits per heavy atom. The number of carboxylic acid groups (broad SMARTS) is 1. The van der Waals surface area contributed by atoms with Crippen molar-refractivity contribution in [3.8, 4) is 0 Å². The average Bonchev–Trinajstić information content (AvgIpc) is 3.27. The van der Waals surface area contributed by atoms with Crippen molar-refractivity contribution < 1.29 is 47.8 Å². The lowest BCUT2D eigenvalue weighted by Gasteiger charge is -2.18. The van der Waals surface area contributed by atoms with Crippen molar-refractivity contribution in [2.75, 3.05) is 19.8 Å². The highest BCUT2D eigenvalue weighted by Gasteiger charge is 2.28. The number of ether oxygens (including phenoxy) is 1. The summed E-state index contributed by atoms with van der Waals surface area (Å²) in [5.41, 5.74) is 0. The minimum absolute atomic E-state index is 0.0638. The highest BCUT2D eigenvalue weighted by molar-refractivity contribution is 7.47. The first kappa shape index (κ1) is 60.4. The molecule has 4 N–H and O–H groups in total. The Morgan fingerprint density at radius 2 is 0.875 bits per heavy atom. The van der Waals surface area contributed by atoms with Crippen molar-refractivity contribution in [2.45, 2.75) is 193 Å². The largest absolute Gasteiger partial charge is 0.480 e. The predicted octanol–water partition coefficient (Wildman–Crippen LogP) is 13.2. The Labute approximate surface area is 387 Å². The molecule has 0 saturated heterocycles. The number of rotatable bonds is 44. The molecule has 0 aliphatic heterocycles. The molecular weight excluding hydrogens is 830 g/mol. The number of carboxylic acids is 1. The van der Waals surface area contributed by atoms with E-state index in [2.05, 4.69) is 104 Å². The third-order valence-corrected chi connectivity index (χ3v) is 10.8. The number of phosphoric acid groups is 1. The zero-order chi connectivity index (χ0) is 47.0. The lowest BCUT2D eigenvalue weighted by Crippen LogP contribution is -2.43. The SMILES string of the molecule is CCCCC/C=C\C/C=C\C/C=C\C/C=C\CCCCCCCCCC(=O)OCC(O)COP(=O)(O)OCC(NC(=O)CCC/C=C\C/C=C\C/C=C\C/C=C\CCCCC)C(=O)O. The molecule has 0 bridgehead atoms. The molecule has 11 nitrogen and oxygen atoms in total. The average molecular weight is 916 g/mol. The second kappa shape index (κ2) is 45.9. The van der Waals surface area contributed by atoms with Crippen molar-refractivity contribution >= 4 is 25.7 Å². The molecule has 12 heteroatoms. The number of carbonyl (C=O) groups is 3. The molecule has 0 fully saturated rings. The summed E-state index contributed by atoms with van der Waals surface area (Å²) in [7, 11) is -4.78. The van der Waals surface area contributed by atoms with Gasteiger partial charge in [0.15, 0.2) is 6.04 Å². The standard InChI is InChI=1S/C52H86NO10P/c1-3-5-7-9-11-13-15-17-19-21-22-23-24-25-26-28-30-32-34-36-38-40-42-44-51(56)61-45-48(54)46-62-64(59,60)63-47-49(52(57)58)53-50(55)43-41-39-37-35-33-31-29-27-20-18-16-14-12-10-8-6-4-2/h11-14,17-20,22-23,25-26,29,31,35,37,48-49,54H,3-10,15-16,21,24,27-28,30,32-34,36,38-47H2,1-2H3,(H,53,55)(H,57,58)(H,59,60)/b13-11-,14-12-,19-17-,20-18-,23-22-,26-25-,31-29-,37-35-. The van der Waals surface area contributed by atoms with Gasteiger partial charge in [0, 0.05) is 12.8 Å². The monoisotopic (exact) mass is 916 g/mol. The predicted molar refractivity (Wildman–Crippen MR) is 263 cm³/mol. The van der Waals surface area contributed by atoms with Crippen LogP contribution >= 0.6 is 7.82 Å². The van der Waals surface area contributed by atoms with Gasteiger partial charge in [-0.25, -0.2) is 9.36 Å². The number of aliphatic hydroxyl groups is 1. The second-order valence-corrected chi connectivity index (χ2v) is 17.4. The van der Waals surface area contributed by atoms with Crippen molar-refractivity contribution in [1.29, 1.82) is 0 Å². The van der Waals surface area contributed by atoms with Crippen molar-refractivity contribution in [1.82, 2.24) is 5.32 Å². The Kier molecular flexibility index (Phi) is 43.4. The van der Waals surface area contributed by atoms with E-state index in [9.17, 15) is 34.1 Å². The number of hydrogen-bond donors (Lipinski definition) is 4. The van der Waals surface area contributed by atoms with Gasteiger partial charge in [-0.05, 0) is 96.3 Å². The first-order valence-electron chi connectivity index (χ1n) is 24.3. The number of nitrogens with one attached hydrogen (secondary N) is 1. The molecule has 0 aliphatic carbocycles. The van der Waals surface area contributed by atoms with Gasteiger partial charge in [-0.15, -0.1) is 0 Å². The molecule has 0 aromatic rings. The van der Waals surface area contributed by atoms with E-state index in [-0.39, 0.29) is 12.8 Å². The number of carbonyl (C=O) groups excluding carboxylic acids is 2. The molecule has 0 spiro atoms. The zero-order valence-electron chi connectivity index (χ0n) is 39.5. The first-order valence-corrected chi connectivity index (χ1v) is 25.8. The molecule has 0 aromatic carbocycles. The summed E-state index contributed by atoms with van der Waals surface area (Å²) in [6.45, 7) is 2.48. The van der Waals surface area contributed by atoms with E-state index < -0.39 is 57.6 Å². The van der Waals surface area contributed by atoms with Crippen LogP contribution in [-0.4, -0.2) is 64.9 Å². The number of aliphatic hydroxyl groups excluding tert-OH is 1. The summed E-state index contributed by atoms with van der Waals surface area (Å²) in [5.74, 6) is -2.47. The molecule has 364 valence electrons. The molecule has 0 rings (SSSR count).